The Morgan fingerprint density at radius 2 is 1.88 bits per heavy atom. The van der Waals surface area contributed by atoms with Crippen molar-refractivity contribution in [2.75, 3.05) is 7.11 Å². The molecule has 0 amide bonds. The highest BCUT2D eigenvalue weighted by Gasteiger charge is 2.23. The molecule has 5 nitrogen and oxygen atoms in total. The summed E-state index contributed by atoms with van der Waals surface area (Å²) in [6.07, 6.45) is 0.577. The van der Waals surface area contributed by atoms with Crippen molar-refractivity contribution in [3.05, 3.63) is 64.4 Å². The lowest BCUT2D eigenvalue weighted by molar-refractivity contribution is -0.140. The van der Waals surface area contributed by atoms with Crippen molar-refractivity contribution in [2.24, 2.45) is 0 Å². The number of esters is 1. The van der Waals surface area contributed by atoms with Gasteiger partial charge in [-0.1, -0.05) is 49.0 Å². The molecule has 1 heterocycles. The number of hydrogen-bond acceptors (Lipinski definition) is 5. The fourth-order valence-electron chi connectivity index (χ4n) is 2.77. The van der Waals surface area contributed by atoms with E-state index in [1.807, 2.05) is 56.3 Å². The van der Waals surface area contributed by atoms with Crippen LogP contribution in [-0.4, -0.2) is 27.9 Å². The van der Waals surface area contributed by atoms with Crippen LogP contribution in [0.2, 0.25) is 0 Å². The summed E-state index contributed by atoms with van der Waals surface area (Å²) >= 11 is 1.26. The Morgan fingerprint density at radius 1 is 1.19 bits per heavy atom. The maximum Gasteiger partial charge on any atom is 0.319 e. The first-order valence-corrected chi connectivity index (χ1v) is 9.27. The van der Waals surface area contributed by atoms with Crippen LogP contribution < -0.4 is 5.56 Å². The van der Waals surface area contributed by atoms with Crippen LogP contribution in [0.15, 0.2) is 58.5 Å². The largest absolute Gasteiger partial charge is 0.468 e. The molecule has 0 aliphatic heterocycles. The lowest BCUT2D eigenvalue weighted by Gasteiger charge is -2.18. The van der Waals surface area contributed by atoms with Crippen LogP contribution in [0, 0.1) is 6.92 Å². The van der Waals surface area contributed by atoms with E-state index in [9.17, 15) is 9.59 Å². The SMILES string of the molecule is CCC(Sc1nc2ccccc2c(=O)n1-c1ccccc1C)C(=O)OC. The summed E-state index contributed by atoms with van der Waals surface area (Å²) in [5.74, 6) is -0.323. The quantitative estimate of drug-likeness (QED) is 0.390. The normalized spacial score (nSPS) is 12.1. The monoisotopic (exact) mass is 368 g/mol. The minimum atomic E-state index is -0.427. The van der Waals surface area contributed by atoms with Crippen molar-refractivity contribution in [2.45, 2.75) is 30.7 Å². The molecule has 3 aromatic rings. The molecule has 0 fully saturated rings. The number of ether oxygens (including phenoxy) is 1. The molecule has 0 bridgehead atoms. The van der Waals surface area contributed by atoms with Crippen molar-refractivity contribution in [1.29, 1.82) is 0 Å². The van der Waals surface area contributed by atoms with Crippen LogP contribution in [0.5, 0.6) is 0 Å². The number of rotatable bonds is 5. The Labute approximate surface area is 156 Å². The minimum absolute atomic E-state index is 0.146. The predicted molar refractivity (Wildman–Crippen MR) is 104 cm³/mol. The van der Waals surface area contributed by atoms with E-state index in [1.165, 1.54) is 18.9 Å². The highest BCUT2D eigenvalue weighted by atomic mass is 32.2. The second-order valence-corrected chi connectivity index (χ2v) is 7.05. The molecule has 0 radical (unpaired) electrons. The number of para-hydroxylation sites is 2. The fraction of sp³-hybridized carbons (Fsp3) is 0.250. The second kappa shape index (κ2) is 7.74. The number of hydrogen-bond donors (Lipinski definition) is 0. The molecule has 6 heteroatoms. The average Bonchev–Trinajstić information content (AvgIpc) is 2.66. The number of thioether (sulfide) groups is 1. The van der Waals surface area contributed by atoms with Crippen LogP contribution in [-0.2, 0) is 9.53 Å². The smallest absolute Gasteiger partial charge is 0.319 e. The molecule has 0 aliphatic carbocycles. The van der Waals surface area contributed by atoms with Crippen LogP contribution in [0.4, 0.5) is 0 Å². The van der Waals surface area contributed by atoms with E-state index in [4.69, 9.17) is 4.74 Å². The Morgan fingerprint density at radius 3 is 2.58 bits per heavy atom. The summed E-state index contributed by atoms with van der Waals surface area (Å²) in [5, 5.41) is 0.606. The molecule has 0 N–H and O–H groups in total. The number of fused-ring (bicyclic) bond motifs is 1. The van der Waals surface area contributed by atoms with Gasteiger partial charge in [0.25, 0.3) is 5.56 Å². The van der Waals surface area contributed by atoms with Crippen LogP contribution >= 0.6 is 11.8 Å². The van der Waals surface area contributed by atoms with E-state index in [0.29, 0.717) is 22.5 Å². The summed E-state index contributed by atoms with van der Waals surface area (Å²) < 4.78 is 6.48. The molecule has 1 atom stereocenters. The summed E-state index contributed by atoms with van der Waals surface area (Å²) in [4.78, 5) is 29.9. The average molecular weight is 368 g/mol. The number of aryl methyl sites for hydroxylation is 1. The second-order valence-electron chi connectivity index (χ2n) is 5.88. The van der Waals surface area contributed by atoms with Gasteiger partial charge in [0.05, 0.1) is 23.7 Å². The molecular formula is C20H20N2O3S. The van der Waals surface area contributed by atoms with Gasteiger partial charge >= 0.3 is 5.97 Å². The first-order chi connectivity index (χ1) is 12.6. The van der Waals surface area contributed by atoms with Gasteiger partial charge in [-0.2, -0.15) is 0 Å². The Kier molecular flexibility index (Phi) is 5.42. The molecule has 3 rings (SSSR count). The van der Waals surface area contributed by atoms with E-state index in [0.717, 1.165) is 11.3 Å². The fourth-order valence-corrected chi connectivity index (χ4v) is 3.83. The van der Waals surface area contributed by atoms with Crippen molar-refractivity contribution in [3.8, 4) is 5.69 Å². The van der Waals surface area contributed by atoms with Crippen LogP contribution in [0.3, 0.4) is 0 Å². The van der Waals surface area contributed by atoms with Gasteiger partial charge in [-0.3, -0.25) is 14.2 Å². The zero-order chi connectivity index (χ0) is 18.7. The standard InChI is InChI=1S/C20H20N2O3S/c1-4-17(19(24)25-3)26-20-21-15-11-7-6-10-14(15)18(23)22(20)16-12-8-5-9-13(16)2/h5-12,17H,4H2,1-3H3. The molecule has 0 saturated heterocycles. The molecule has 0 spiro atoms. The van der Waals surface area contributed by atoms with Gasteiger partial charge in [0.2, 0.25) is 0 Å². The third-order valence-corrected chi connectivity index (χ3v) is 5.48. The Bertz CT molecular complexity index is 1010. The van der Waals surface area contributed by atoms with Gasteiger partial charge in [-0.05, 0) is 37.1 Å². The van der Waals surface area contributed by atoms with E-state index >= 15 is 0 Å². The predicted octanol–water partition coefficient (Wildman–Crippen LogP) is 3.74. The van der Waals surface area contributed by atoms with Crippen LogP contribution in [0.1, 0.15) is 18.9 Å². The zero-order valence-corrected chi connectivity index (χ0v) is 15.7. The summed E-state index contributed by atoms with van der Waals surface area (Å²) in [6.45, 7) is 3.86. The van der Waals surface area contributed by atoms with Gasteiger partial charge < -0.3 is 4.74 Å². The third-order valence-electron chi connectivity index (χ3n) is 4.18. The maximum absolute atomic E-state index is 13.2. The highest BCUT2D eigenvalue weighted by Crippen LogP contribution is 2.28. The van der Waals surface area contributed by atoms with Crippen molar-refractivity contribution >= 4 is 28.6 Å². The number of aromatic nitrogens is 2. The Balaban J connectivity index is 2.26. The molecule has 134 valence electrons. The molecule has 0 saturated carbocycles. The number of benzene rings is 2. The summed E-state index contributed by atoms with van der Waals surface area (Å²) in [6, 6.07) is 14.9. The van der Waals surface area contributed by atoms with Gasteiger partial charge in [0, 0.05) is 0 Å². The molecule has 2 aromatic carbocycles. The first kappa shape index (κ1) is 18.2. The molecular weight excluding hydrogens is 348 g/mol. The number of carbonyl (C=O) groups excluding carboxylic acids is 1. The lowest BCUT2D eigenvalue weighted by Crippen LogP contribution is -2.25. The minimum Gasteiger partial charge on any atom is -0.468 e. The summed E-state index contributed by atoms with van der Waals surface area (Å²) in [7, 11) is 1.37. The lowest BCUT2D eigenvalue weighted by atomic mass is 10.2. The van der Waals surface area contributed by atoms with E-state index < -0.39 is 5.25 Å². The van der Waals surface area contributed by atoms with Crippen molar-refractivity contribution in [1.82, 2.24) is 9.55 Å². The van der Waals surface area contributed by atoms with Gasteiger partial charge in [0.1, 0.15) is 5.25 Å². The number of nitrogens with zero attached hydrogens (tertiary/aromatic N) is 2. The Hall–Kier alpha value is -2.60. The maximum atomic E-state index is 13.2. The zero-order valence-electron chi connectivity index (χ0n) is 14.9. The molecule has 26 heavy (non-hydrogen) atoms. The first-order valence-electron chi connectivity index (χ1n) is 8.39. The highest BCUT2D eigenvalue weighted by molar-refractivity contribution is 8.00. The van der Waals surface area contributed by atoms with Crippen molar-refractivity contribution in [3.63, 3.8) is 0 Å². The van der Waals surface area contributed by atoms with E-state index in [1.54, 1.807) is 10.6 Å². The van der Waals surface area contributed by atoms with Gasteiger partial charge in [-0.15, -0.1) is 0 Å². The van der Waals surface area contributed by atoms with Crippen LogP contribution in [0.25, 0.3) is 16.6 Å². The van der Waals surface area contributed by atoms with Gasteiger partial charge in [-0.25, -0.2) is 4.98 Å². The summed E-state index contributed by atoms with van der Waals surface area (Å²) in [5.41, 5.74) is 2.19. The third kappa shape index (κ3) is 3.37. The van der Waals surface area contributed by atoms with Gasteiger partial charge in [0.15, 0.2) is 5.16 Å². The number of carbonyl (C=O) groups is 1. The molecule has 1 unspecified atom stereocenters. The number of methoxy groups -OCH3 is 1. The van der Waals surface area contributed by atoms with Crippen molar-refractivity contribution < 1.29 is 9.53 Å². The molecule has 1 aromatic heterocycles. The van der Waals surface area contributed by atoms with E-state index in [-0.39, 0.29) is 11.5 Å². The van der Waals surface area contributed by atoms with E-state index in [2.05, 4.69) is 4.98 Å². The topological polar surface area (TPSA) is 61.2 Å². The molecule has 0 aliphatic rings.